The smallest absolute Gasteiger partial charge is 0.303 e. The summed E-state index contributed by atoms with van der Waals surface area (Å²) >= 11 is 0. The Morgan fingerprint density at radius 2 is 0.943 bits per heavy atom. The molecule has 0 aromatic heterocycles. The van der Waals surface area contributed by atoms with E-state index in [1.807, 2.05) is 44.2 Å². The largest absolute Gasteiger partial charge is 0.463 e. The molecule has 0 radical (unpaired) electrons. The molecule has 0 spiro atoms. The summed E-state index contributed by atoms with van der Waals surface area (Å²) in [5, 5.41) is 0. The summed E-state index contributed by atoms with van der Waals surface area (Å²) in [6.07, 6.45) is -14.1. The van der Waals surface area contributed by atoms with Crippen molar-refractivity contribution >= 4 is 35.8 Å². The summed E-state index contributed by atoms with van der Waals surface area (Å²) in [6, 6.07) is 9.59. The van der Waals surface area contributed by atoms with Gasteiger partial charge in [-0.3, -0.25) is 28.8 Å². The highest BCUT2D eigenvalue weighted by Gasteiger charge is 2.56. The molecule has 5 rings (SSSR count). The van der Waals surface area contributed by atoms with Gasteiger partial charge in [0.2, 0.25) is 0 Å². The number of ether oxygens (including phenoxy) is 13. The first kappa shape index (κ1) is 56.6. The second-order valence-corrected chi connectivity index (χ2v) is 18.5. The lowest BCUT2D eigenvalue weighted by Gasteiger charge is -2.50. The first-order valence-electron chi connectivity index (χ1n) is 24.0. The van der Waals surface area contributed by atoms with Crippen LogP contribution in [-0.4, -0.2) is 148 Å². The number of carbonyl (C=O) groups is 6. The molecule has 21 heteroatoms. The van der Waals surface area contributed by atoms with E-state index in [1.54, 1.807) is 20.8 Å². The molecule has 70 heavy (non-hydrogen) atoms. The minimum atomic E-state index is -1.55. The fourth-order valence-corrected chi connectivity index (χ4v) is 9.18. The molecule has 0 bridgehead atoms. The molecule has 4 fully saturated rings. The van der Waals surface area contributed by atoms with E-state index in [0.717, 1.165) is 12.0 Å². The highest BCUT2D eigenvalue weighted by atomic mass is 17.2. The zero-order valence-electron chi connectivity index (χ0n) is 42.2. The summed E-state index contributed by atoms with van der Waals surface area (Å²) < 4.78 is 79.0. The van der Waals surface area contributed by atoms with Crippen LogP contribution in [-0.2, 0) is 107 Å². The monoisotopic (exact) mass is 996 g/mol. The lowest BCUT2D eigenvalue weighted by molar-refractivity contribution is -0.444. The summed E-state index contributed by atoms with van der Waals surface area (Å²) in [6.45, 7) is 17.9. The number of rotatable bonds is 20. The quantitative estimate of drug-likeness (QED) is 0.0765. The van der Waals surface area contributed by atoms with Crippen molar-refractivity contribution in [2.45, 2.75) is 182 Å². The van der Waals surface area contributed by atoms with Crippen LogP contribution in [0.1, 0.15) is 95.1 Å². The summed E-state index contributed by atoms with van der Waals surface area (Å²) in [7, 11) is 0. The Balaban J connectivity index is 1.52. The standard InChI is InChI=1S/C49H72O21/c1-13-36-24(2)25(3)44(47(64-36)60-19-35-17-15-14-16-18-35)70-69-43-28(6)39(22-58-31(9)52)66-49(46(43)63-34(12)55)68-42-27(5)38(21-57-30(8)51)65-48(45(42)62-33(11)54)67-41-26(4)37(20-56-29(7)50)59-23-40(41)61-32(10)53/h14-18,24-28,36-49H,13,19-23H2,1-12H3/t24-,25-,26+,27+,28+,36?,37?,38?,39?,40?,41-,42-,43-,44?,45?,46?,47-,48+,49+/m0/s1. The third-order valence-corrected chi connectivity index (χ3v) is 13.3. The number of carbonyl (C=O) groups excluding carboxylic acids is 6. The van der Waals surface area contributed by atoms with Crippen molar-refractivity contribution in [2.24, 2.45) is 29.6 Å². The van der Waals surface area contributed by atoms with Gasteiger partial charge < -0.3 is 61.6 Å². The van der Waals surface area contributed by atoms with Crippen LogP contribution in [0.25, 0.3) is 0 Å². The second-order valence-electron chi connectivity index (χ2n) is 18.5. The van der Waals surface area contributed by atoms with E-state index in [4.69, 9.17) is 71.4 Å². The van der Waals surface area contributed by atoms with E-state index in [-0.39, 0.29) is 51.0 Å². The van der Waals surface area contributed by atoms with Crippen molar-refractivity contribution in [3.8, 4) is 0 Å². The van der Waals surface area contributed by atoms with Crippen molar-refractivity contribution in [1.82, 2.24) is 0 Å². The highest BCUT2D eigenvalue weighted by Crippen LogP contribution is 2.41. The van der Waals surface area contributed by atoms with Gasteiger partial charge in [0.15, 0.2) is 37.2 Å². The maximum absolute atomic E-state index is 13.1. The Kier molecular flexibility index (Phi) is 21.3. The van der Waals surface area contributed by atoms with Gasteiger partial charge in [0.05, 0.1) is 25.4 Å². The third-order valence-electron chi connectivity index (χ3n) is 13.3. The van der Waals surface area contributed by atoms with Crippen LogP contribution in [0.4, 0.5) is 0 Å². The number of benzene rings is 1. The van der Waals surface area contributed by atoms with Crippen LogP contribution >= 0.6 is 0 Å². The number of hydrogen-bond acceptors (Lipinski definition) is 21. The highest BCUT2D eigenvalue weighted by molar-refractivity contribution is 5.67. The zero-order valence-corrected chi connectivity index (χ0v) is 42.2. The third kappa shape index (κ3) is 15.3. The first-order valence-corrected chi connectivity index (χ1v) is 24.0. The molecule has 4 heterocycles. The molecule has 1 aromatic carbocycles. The van der Waals surface area contributed by atoms with Gasteiger partial charge in [-0.05, 0) is 23.8 Å². The Labute approximate surface area is 409 Å². The molecule has 19 atom stereocenters. The Morgan fingerprint density at radius 1 is 0.486 bits per heavy atom. The average Bonchev–Trinajstić information content (AvgIpc) is 3.29. The SMILES string of the molecule is CCC1O[C@H](OCc2ccccc2)C(OO[C@@H]2C(OC(C)=O)[C@@H](O[C@@H]3C(OC(C)=O)[C@@H](O[C@@H]4C(OC(C)=O)COC(COC(C)=O)[C@H]4C)OC(COC(C)=O)[C@H]3C)OC(COC(C)=O)[C@H]2C)[C@@H](C)[C@@H]1C. The number of hydrogen-bond donors (Lipinski definition) is 0. The van der Waals surface area contributed by atoms with Gasteiger partial charge in [-0.15, -0.1) is 0 Å². The van der Waals surface area contributed by atoms with E-state index < -0.39 is 133 Å². The maximum atomic E-state index is 13.1. The number of esters is 6. The fourth-order valence-electron chi connectivity index (χ4n) is 9.18. The van der Waals surface area contributed by atoms with Gasteiger partial charge in [0.1, 0.15) is 56.4 Å². The predicted molar refractivity (Wildman–Crippen MR) is 239 cm³/mol. The topological polar surface area (TPSA) is 241 Å². The van der Waals surface area contributed by atoms with Gasteiger partial charge in [-0.2, -0.15) is 0 Å². The lowest BCUT2D eigenvalue weighted by Crippen LogP contribution is -2.64. The normalized spacial score (nSPS) is 36.5. The van der Waals surface area contributed by atoms with E-state index in [2.05, 4.69) is 6.92 Å². The molecule has 0 saturated carbocycles. The molecule has 4 aliphatic heterocycles. The molecule has 1 aromatic rings. The van der Waals surface area contributed by atoms with E-state index in [0.29, 0.717) is 0 Å². The van der Waals surface area contributed by atoms with Gasteiger partial charge in [-0.1, -0.05) is 71.9 Å². The van der Waals surface area contributed by atoms with E-state index >= 15 is 0 Å². The van der Waals surface area contributed by atoms with Crippen molar-refractivity contribution in [1.29, 1.82) is 0 Å². The minimum absolute atomic E-state index is 0.0100. The Morgan fingerprint density at radius 3 is 1.46 bits per heavy atom. The molecule has 8 unspecified atom stereocenters. The van der Waals surface area contributed by atoms with Crippen molar-refractivity contribution < 1.29 is 100 Å². The molecule has 21 nitrogen and oxygen atoms in total. The van der Waals surface area contributed by atoms with Crippen molar-refractivity contribution in [3.63, 3.8) is 0 Å². The summed E-state index contributed by atoms with van der Waals surface area (Å²) in [5.41, 5.74) is 0.915. The Hall–Kier alpha value is -4.32. The maximum Gasteiger partial charge on any atom is 0.303 e. The summed E-state index contributed by atoms with van der Waals surface area (Å²) in [5.74, 6) is -6.19. The van der Waals surface area contributed by atoms with Crippen LogP contribution in [0.3, 0.4) is 0 Å². The van der Waals surface area contributed by atoms with E-state index in [9.17, 15) is 28.8 Å². The molecule has 4 saturated heterocycles. The fraction of sp³-hybridized carbons (Fsp3) is 0.755. The zero-order chi connectivity index (χ0) is 51.4. The van der Waals surface area contributed by atoms with Crippen LogP contribution in [0.2, 0.25) is 0 Å². The molecule has 394 valence electrons. The molecule has 0 amide bonds. The lowest BCUT2D eigenvalue weighted by atomic mass is 9.82. The molecule has 4 aliphatic rings. The summed E-state index contributed by atoms with van der Waals surface area (Å²) in [4.78, 5) is 87.4. The van der Waals surface area contributed by atoms with Crippen LogP contribution in [0, 0.1) is 29.6 Å². The van der Waals surface area contributed by atoms with E-state index in [1.165, 1.54) is 41.5 Å². The van der Waals surface area contributed by atoms with Gasteiger partial charge in [0.25, 0.3) is 0 Å². The van der Waals surface area contributed by atoms with Crippen LogP contribution < -0.4 is 0 Å². The molecule has 0 N–H and O–H groups in total. The van der Waals surface area contributed by atoms with Crippen molar-refractivity contribution in [3.05, 3.63) is 35.9 Å². The Bertz CT molecular complexity index is 1880. The van der Waals surface area contributed by atoms with Crippen LogP contribution in [0.15, 0.2) is 30.3 Å². The van der Waals surface area contributed by atoms with Gasteiger partial charge in [0, 0.05) is 59.3 Å². The van der Waals surface area contributed by atoms with Gasteiger partial charge >= 0.3 is 35.8 Å². The predicted octanol–water partition coefficient (Wildman–Crippen LogP) is 4.31. The first-order chi connectivity index (χ1) is 33.2. The minimum Gasteiger partial charge on any atom is -0.463 e. The van der Waals surface area contributed by atoms with Crippen molar-refractivity contribution in [2.75, 3.05) is 26.4 Å². The van der Waals surface area contributed by atoms with Gasteiger partial charge in [-0.25, -0.2) is 9.78 Å². The molecule has 0 aliphatic carbocycles. The second kappa shape index (κ2) is 26.4. The van der Waals surface area contributed by atoms with Crippen LogP contribution in [0.5, 0.6) is 0 Å². The molecular formula is C49H72O21. The average molecular weight is 997 g/mol. The molecular weight excluding hydrogens is 925 g/mol.